The number of carbonyl (C=O) groups is 1. The number of nitrogens with zero attached hydrogens (tertiary/aromatic N) is 2. The molecule has 0 aromatic heterocycles. The van der Waals surface area contributed by atoms with Crippen LogP contribution in [0.15, 0.2) is 30.3 Å². The van der Waals surface area contributed by atoms with Gasteiger partial charge < -0.3 is 4.90 Å². The molecule has 1 aromatic carbocycles. The van der Waals surface area contributed by atoms with Gasteiger partial charge in [-0.15, -0.1) is 0 Å². The Bertz CT molecular complexity index is 445. The van der Waals surface area contributed by atoms with Crippen molar-refractivity contribution < 1.29 is 4.79 Å². The van der Waals surface area contributed by atoms with Crippen LogP contribution in [0.3, 0.4) is 0 Å². The largest absolute Gasteiger partial charge is 0.339 e. The molecule has 1 aliphatic heterocycles. The third-order valence-corrected chi connectivity index (χ3v) is 4.36. The highest BCUT2D eigenvalue weighted by Gasteiger charge is 2.35. The maximum atomic E-state index is 12.8. The summed E-state index contributed by atoms with van der Waals surface area (Å²) in [6.45, 7) is 12.1. The topological polar surface area (TPSA) is 23.6 Å². The Labute approximate surface area is 122 Å². The summed E-state index contributed by atoms with van der Waals surface area (Å²) >= 11 is 0. The zero-order valence-corrected chi connectivity index (χ0v) is 13.1. The molecule has 3 heteroatoms. The molecule has 0 unspecified atom stereocenters. The van der Waals surface area contributed by atoms with E-state index in [0.717, 1.165) is 31.7 Å². The Morgan fingerprint density at radius 1 is 1.05 bits per heavy atom. The molecule has 0 N–H and O–H groups in total. The van der Waals surface area contributed by atoms with Gasteiger partial charge in [-0.2, -0.15) is 0 Å². The molecule has 1 heterocycles. The van der Waals surface area contributed by atoms with E-state index in [2.05, 4.69) is 18.7 Å². The van der Waals surface area contributed by atoms with Crippen LogP contribution < -0.4 is 0 Å². The second-order valence-electron chi connectivity index (χ2n) is 6.41. The highest BCUT2D eigenvalue weighted by molar-refractivity contribution is 5.87. The van der Waals surface area contributed by atoms with E-state index in [9.17, 15) is 4.79 Å². The predicted octanol–water partition coefficient (Wildman–Crippen LogP) is 2.52. The molecule has 1 amide bonds. The van der Waals surface area contributed by atoms with Gasteiger partial charge in [0.1, 0.15) is 0 Å². The van der Waals surface area contributed by atoms with Crippen LogP contribution in [0.25, 0.3) is 0 Å². The Hall–Kier alpha value is -1.35. The molecule has 0 bridgehead atoms. The lowest BCUT2D eigenvalue weighted by Gasteiger charge is -2.40. The quantitative estimate of drug-likeness (QED) is 0.845. The first-order valence-corrected chi connectivity index (χ1v) is 7.52. The summed E-state index contributed by atoms with van der Waals surface area (Å²) in [6, 6.07) is 10.6. The lowest BCUT2D eigenvalue weighted by atomic mass is 9.83. The summed E-state index contributed by atoms with van der Waals surface area (Å²) in [6.07, 6.45) is 0. The Kier molecular flexibility index (Phi) is 4.48. The van der Waals surface area contributed by atoms with Crippen molar-refractivity contribution >= 4 is 5.91 Å². The second kappa shape index (κ2) is 5.96. The van der Waals surface area contributed by atoms with E-state index in [-0.39, 0.29) is 5.91 Å². The fraction of sp³-hybridized carbons (Fsp3) is 0.588. The van der Waals surface area contributed by atoms with Crippen molar-refractivity contribution in [1.82, 2.24) is 9.80 Å². The molecule has 1 aliphatic rings. The van der Waals surface area contributed by atoms with Crippen molar-refractivity contribution in [3.63, 3.8) is 0 Å². The van der Waals surface area contributed by atoms with Gasteiger partial charge in [0.2, 0.25) is 5.91 Å². The number of piperazine rings is 1. The molecule has 3 nitrogen and oxygen atoms in total. The lowest BCUT2D eigenvalue weighted by Crippen LogP contribution is -2.54. The number of carbonyl (C=O) groups excluding carboxylic acids is 1. The van der Waals surface area contributed by atoms with Crippen molar-refractivity contribution in [2.45, 2.75) is 39.2 Å². The summed E-state index contributed by atoms with van der Waals surface area (Å²) in [5, 5.41) is 0. The average molecular weight is 274 g/mol. The van der Waals surface area contributed by atoms with Gasteiger partial charge in [-0.05, 0) is 33.3 Å². The van der Waals surface area contributed by atoms with Gasteiger partial charge >= 0.3 is 0 Å². The van der Waals surface area contributed by atoms with E-state index < -0.39 is 5.41 Å². The van der Waals surface area contributed by atoms with Gasteiger partial charge in [0.05, 0.1) is 5.41 Å². The zero-order chi connectivity index (χ0) is 14.8. The highest BCUT2D eigenvalue weighted by Crippen LogP contribution is 2.26. The first kappa shape index (κ1) is 15.0. The maximum Gasteiger partial charge on any atom is 0.232 e. The van der Waals surface area contributed by atoms with Crippen LogP contribution in [0.5, 0.6) is 0 Å². The summed E-state index contributed by atoms with van der Waals surface area (Å²) < 4.78 is 0. The minimum absolute atomic E-state index is 0.243. The molecule has 1 fully saturated rings. The van der Waals surface area contributed by atoms with E-state index in [4.69, 9.17) is 0 Å². The molecule has 0 radical (unpaired) electrons. The normalized spacial score (nSPS) is 17.6. The summed E-state index contributed by atoms with van der Waals surface area (Å²) in [5.41, 5.74) is 0.651. The van der Waals surface area contributed by atoms with Crippen molar-refractivity contribution in [2.24, 2.45) is 0 Å². The van der Waals surface area contributed by atoms with E-state index in [1.54, 1.807) is 0 Å². The second-order valence-corrected chi connectivity index (χ2v) is 6.41. The fourth-order valence-electron chi connectivity index (χ4n) is 2.81. The zero-order valence-electron chi connectivity index (χ0n) is 13.1. The number of benzene rings is 1. The van der Waals surface area contributed by atoms with Crippen LogP contribution in [-0.2, 0) is 10.2 Å². The van der Waals surface area contributed by atoms with Crippen molar-refractivity contribution in [3.05, 3.63) is 35.9 Å². The van der Waals surface area contributed by atoms with E-state index in [1.165, 1.54) is 0 Å². The van der Waals surface area contributed by atoms with Gasteiger partial charge in [-0.1, -0.05) is 30.3 Å². The van der Waals surface area contributed by atoms with Crippen LogP contribution in [-0.4, -0.2) is 47.9 Å². The van der Waals surface area contributed by atoms with Gasteiger partial charge in [0, 0.05) is 32.2 Å². The van der Waals surface area contributed by atoms with Gasteiger partial charge in [-0.3, -0.25) is 9.69 Å². The third kappa shape index (κ3) is 3.04. The van der Waals surface area contributed by atoms with Gasteiger partial charge in [-0.25, -0.2) is 0 Å². The highest BCUT2D eigenvalue weighted by atomic mass is 16.2. The van der Waals surface area contributed by atoms with Crippen molar-refractivity contribution in [1.29, 1.82) is 0 Å². The van der Waals surface area contributed by atoms with Crippen LogP contribution in [0.1, 0.15) is 33.3 Å². The minimum atomic E-state index is -0.443. The van der Waals surface area contributed by atoms with Gasteiger partial charge in [0.25, 0.3) is 0 Å². The standard InChI is InChI=1S/C17H26N2O/c1-14(2)18-10-12-19(13-11-18)16(20)17(3,4)15-8-6-5-7-9-15/h5-9,14H,10-13H2,1-4H3. The first-order valence-electron chi connectivity index (χ1n) is 7.52. The molecular formula is C17H26N2O. The number of rotatable bonds is 3. The van der Waals surface area contributed by atoms with Crippen LogP contribution >= 0.6 is 0 Å². The van der Waals surface area contributed by atoms with Crippen molar-refractivity contribution in [3.8, 4) is 0 Å². The molecular weight excluding hydrogens is 248 g/mol. The molecule has 1 saturated heterocycles. The van der Waals surface area contributed by atoms with Crippen LogP contribution in [0.4, 0.5) is 0 Å². The molecule has 1 aromatic rings. The summed E-state index contributed by atoms with van der Waals surface area (Å²) in [7, 11) is 0. The summed E-state index contributed by atoms with van der Waals surface area (Å²) in [5.74, 6) is 0.243. The van der Waals surface area contributed by atoms with Crippen LogP contribution in [0.2, 0.25) is 0 Å². The SMILES string of the molecule is CC(C)N1CCN(C(=O)C(C)(C)c2ccccc2)CC1. The van der Waals surface area contributed by atoms with Gasteiger partial charge in [0.15, 0.2) is 0 Å². The number of amides is 1. The molecule has 0 saturated carbocycles. The van der Waals surface area contributed by atoms with E-state index in [0.29, 0.717) is 6.04 Å². The number of hydrogen-bond donors (Lipinski definition) is 0. The Balaban J connectivity index is 2.05. The molecule has 0 aliphatic carbocycles. The van der Waals surface area contributed by atoms with E-state index in [1.807, 2.05) is 49.1 Å². The number of hydrogen-bond acceptors (Lipinski definition) is 2. The predicted molar refractivity (Wildman–Crippen MR) is 82.8 cm³/mol. The lowest BCUT2D eigenvalue weighted by molar-refractivity contribution is -0.138. The average Bonchev–Trinajstić information content (AvgIpc) is 2.47. The molecule has 0 atom stereocenters. The first-order chi connectivity index (χ1) is 9.43. The maximum absolute atomic E-state index is 12.8. The minimum Gasteiger partial charge on any atom is -0.339 e. The van der Waals surface area contributed by atoms with Crippen molar-refractivity contribution in [2.75, 3.05) is 26.2 Å². The van der Waals surface area contributed by atoms with Crippen LogP contribution in [0, 0.1) is 0 Å². The molecule has 110 valence electrons. The monoisotopic (exact) mass is 274 g/mol. The Morgan fingerprint density at radius 3 is 2.10 bits per heavy atom. The molecule has 20 heavy (non-hydrogen) atoms. The van der Waals surface area contributed by atoms with E-state index >= 15 is 0 Å². The molecule has 0 spiro atoms. The Morgan fingerprint density at radius 2 is 1.60 bits per heavy atom. The summed E-state index contributed by atoms with van der Waals surface area (Å²) in [4.78, 5) is 17.3. The third-order valence-electron chi connectivity index (χ3n) is 4.36. The fourth-order valence-corrected chi connectivity index (χ4v) is 2.81. The molecule has 2 rings (SSSR count). The smallest absolute Gasteiger partial charge is 0.232 e.